The average Bonchev–Trinajstić information content (AvgIpc) is 2.74. The Balaban J connectivity index is 2.03. The maximum absolute atomic E-state index is 12.7. The second-order valence-corrected chi connectivity index (χ2v) is 4.53. The number of rotatable bonds is 4. The molecule has 98 valence electrons. The minimum Gasteiger partial charge on any atom is -0.292 e. The molecule has 0 radical (unpaired) electrons. The summed E-state index contributed by atoms with van der Waals surface area (Å²) in [6, 6.07) is 8.21. The fourth-order valence-electron chi connectivity index (χ4n) is 2.34. The standard InChI is InChI=1S/C12H14F2N2O2/c13-12(14)10-7-15(8-11(10)16(17)18)6-9-4-2-1-3-5-9/h1-5,10-12H,6-8H2. The molecule has 0 bridgehead atoms. The van der Waals surface area contributed by atoms with Gasteiger partial charge in [-0.3, -0.25) is 15.0 Å². The highest BCUT2D eigenvalue weighted by Gasteiger charge is 2.45. The van der Waals surface area contributed by atoms with E-state index in [9.17, 15) is 18.9 Å². The van der Waals surface area contributed by atoms with Gasteiger partial charge in [0, 0.05) is 18.0 Å². The van der Waals surface area contributed by atoms with Crippen LogP contribution in [0.1, 0.15) is 5.56 Å². The molecule has 1 heterocycles. The van der Waals surface area contributed by atoms with Crippen LogP contribution in [0.3, 0.4) is 0 Å². The molecule has 1 aromatic carbocycles. The van der Waals surface area contributed by atoms with E-state index in [4.69, 9.17) is 0 Å². The molecular formula is C12H14F2N2O2. The van der Waals surface area contributed by atoms with Gasteiger partial charge in [0.15, 0.2) is 0 Å². The maximum atomic E-state index is 12.7. The van der Waals surface area contributed by atoms with E-state index in [1.54, 1.807) is 4.90 Å². The lowest BCUT2D eigenvalue weighted by Crippen LogP contribution is -2.32. The van der Waals surface area contributed by atoms with Crippen molar-refractivity contribution in [3.8, 4) is 0 Å². The quantitative estimate of drug-likeness (QED) is 0.611. The number of benzene rings is 1. The van der Waals surface area contributed by atoms with Crippen molar-refractivity contribution in [2.45, 2.75) is 19.0 Å². The molecule has 0 N–H and O–H groups in total. The molecule has 0 amide bonds. The molecule has 6 heteroatoms. The number of nitrogens with zero attached hydrogens (tertiary/aromatic N) is 2. The predicted octanol–water partition coefficient (Wildman–Crippen LogP) is 2.03. The van der Waals surface area contributed by atoms with E-state index in [-0.39, 0.29) is 13.1 Å². The number of hydrogen-bond acceptors (Lipinski definition) is 3. The van der Waals surface area contributed by atoms with Crippen molar-refractivity contribution in [2.75, 3.05) is 13.1 Å². The minimum absolute atomic E-state index is 0.0816. The van der Waals surface area contributed by atoms with Gasteiger partial charge in [0.2, 0.25) is 12.5 Å². The molecule has 0 aliphatic carbocycles. The normalized spacial score (nSPS) is 24.6. The average molecular weight is 256 g/mol. The fraction of sp³-hybridized carbons (Fsp3) is 0.500. The molecule has 1 aliphatic rings. The van der Waals surface area contributed by atoms with Gasteiger partial charge in [-0.1, -0.05) is 30.3 Å². The molecule has 2 atom stereocenters. The Kier molecular flexibility index (Phi) is 3.86. The van der Waals surface area contributed by atoms with Gasteiger partial charge in [-0.25, -0.2) is 8.78 Å². The van der Waals surface area contributed by atoms with E-state index in [0.717, 1.165) is 5.56 Å². The van der Waals surface area contributed by atoms with E-state index in [1.807, 2.05) is 30.3 Å². The zero-order chi connectivity index (χ0) is 13.1. The van der Waals surface area contributed by atoms with Crippen LogP contribution < -0.4 is 0 Å². The van der Waals surface area contributed by atoms with Gasteiger partial charge >= 0.3 is 0 Å². The highest BCUT2D eigenvalue weighted by Crippen LogP contribution is 2.26. The van der Waals surface area contributed by atoms with E-state index in [1.165, 1.54) is 0 Å². The van der Waals surface area contributed by atoms with Crippen LogP contribution in [0.25, 0.3) is 0 Å². The summed E-state index contributed by atoms with van der Waals surface area (Å²) >= 11 is 0. The van der Waals surface area contributed by atoms with Crippen LogP contribution in [0, 0.1) is 16.0 Å². The van der Waals surface area contributed by atoms with Crippen LogP contribution >= 0.6 is 0 Å². The Hall–Kier alpha value is -1.56. The third-order valence-electron chi connectivity index (χ3n) is 3.25. The lowest BCUT2D eigenvalue weighted by Gasteiger charge is -2.14. The largest absolute Gasteiger partial charge is 0.292 e. The lowest BCUT2D eigenvalue weighted by atomic mass is 10.1. The molecule has 1 aromatic rings. The molecule has 1 fully saturated rings. The first kappa shape index (κ1) is 12.9. The van der Waals surface area contributed by atoms with Gasteiger partial charge in [0.25, 0.3) is 0 Å². The van der Waals surface area contributed by atoms with Crippen molar-refractivity contribution in [1.82, 2.24) is 4.90 Å². The van der Waals surface area contributed by atoms with E-state index in [0.29, 0.717) is 6.54 Å². The lowest BCUT2D eigenvalue weighted by molar-refractivity contribution is -0.528. The Morgan fingerprint density at radius 3 is 2.50 bits per heavy atom. The number of halogens is 2. The Morgan fingerprint density at radius 1 is 1.33 bits per heavy atom. The van der Waals surface area contributed by atoms with E-state index in [2.05, 4.69) is 0 Å². The number of hydrogen-bond donors (Lipinski definition) is 0. The zero-order valence-electron chi connectivity index (χ0n) is 9.71. The Morgan fingerprint density at radius 2 is 2.00 bits per heavy atom. The van der Waals surface area contributed by atoms with Crippen molar-refractivity contribution in [2.24, 2.45) is 5.92 Å². The maximum Gasteiger partial charge on any atom is 0.249 e. The van der Waals surface area contributed by atoms with Crippen LogP contribution in [0.5, 0.6) is 0 Å². The van der Waals surface area contributed by atoms with Crippen LogP contribution in [0.15, 0.2) is 30.3 Å². The SMILES string of the molecule is O=[N+]([O-])C1CN(Cc2ccccc2)CC1C(F)F. The molecule has 1 saturated heterocycles. The molecule has 1 aliphatic heterocycles. The summed E-state index contributed by atoms with van der Waals surface area (Å²) in [4.78, 5) is 11.9. The highest BCUT2D eigenvalue weighted by atomic mass is 19.3. The minimum atomic E-state index is -2.64. The Bertz CT molecular complexity index is 414. The molecule has 4 nitrogen and oxygen atoms in total. The second kappa shape index (κ2) is 5.39. The van der Waals surface area contributed by atoms with Crippen LogP contribution in [-0.4, -0.2) is 35.4 Å². The summed E-state index contributed by atoms with van der Waals surface area (Å²) in [5.74, 6) is -1.16. The number of alkyl halides is 2. The van der Waals surface area contributed by atoms with E-state index >= 15 is 0 Å². The van der Waals surface area contributed by atoms with Gasteiger partial charge < -0.3 is 0 Å². The summed E-state index contributed by atoms with van der Waals surface area (Å²) in [7, 11) is 0. The van der Waals surface area contributed by atoms with E-state index < -0.39 is 23.3 Å². The molecular weight excluding hydrogens is 242 g/mol. The Labute approximate surface area is 103 Å². The molecule has 18 heavy (non-hydrogen) atoms. The first-order valence-corrected chi connectivity index (χ1v) is 5.76. The number of nitro groups is 1. The molecule has 2 rings (SSSR count). The zero-order valence-corrected chi connectivity index (χ0v) is 9.71. The molecule has 0 aromatic heterocycles. The van der Waals surface area contributed by atoms with Gasteiger partial charge in [-0.05, 0) is 5.56 Å². The first-order valence-electron chi connectivity index (χ1n) is 5.76. The number of likely N-dealkylation sites (tertiary alicyclic amines) is 1. The van der Waals surface area contributed by atoms with Gasteiger partial charge in [0.1, 0.15) is 5.92 Å². The van der Waals surface area contributed by atoms with Crippen molar-refractivity contribution in [3.05, 3.63) is 46.0 Å². The second-order valence-electron chi connectivity index (χ2n) is 4.53. The summed E-state index contributed by atoms with van der Waals surface area (Å²) in [5, 5.41) is 10.8. The van der Waals surface area contributed by atoms with Crippen molar-refractivity contribution in [3.63, 3.8) is 0 Å². The van der Waals surface area contributed by atoms with Crippen molar-refractivity contribution in [1.29, 1.82) is 0 Å². The monoisotopic (exact) mass is 256 g/mol. The highest BCUT2D eigenvalue weighted by molar-refractivity contribution is 5.14. The fourth-order valence-corrected chi connectivity index (χ4v) is 2.34. The summed E-state index contributed by atoms with van der Waals surface area (Å²) in [6.45, 7) is 0.656. The topological polar surface area (TPSA) is 46.4 Å². The predicted molar refractivity (Wildman–Crippen MR) is 62.0 cm³/mol. The molecule has 2 unspecified atom stereocenters. The van der Waals surface area contributed by atoms with Gasteiger partial charge in [0.05, 0.1) is 6.54 Å². The van der Waals surface area contributed by atoms with Gasteiger partial charge in [-0.15, -0.1) is 0 Å². The summed E-state index contributed by atoms with van der Waals surface area (Å²) in [5.41, 5.74) is 0.981. The summed E-state index contributed by atoms with van der Waals surface area (Å²) < 4.78 is 25.5. The molecule has 0 spiro atoms. The summed E-state index contributed by atoms with van der Waals surface area (Å²) in [6.07, 6.45) is -2.64. The van der Waals surface area contributed by atoms with Crippen LogP contribution in [0.4, 0.5) is 8.78 Å². The van der Waals surface area contributed by atoms with Crippen molar-refractivity contribution >= 4 is 0 Å². The third kappa shape index (κ3) is 2.81. The van der Waals surface area contributed by atoms with Crippen molar-refractivity contribution < 1.29 is 13.7 Å². The van der Waals surface area contributed by atoms with Crippen LogP contribution in [0.2, 0.25) is 0 Å². The first-order chi connectivity index (χ1) is 8.58. The third-order valence-corrected chi connectivity index (χ3v) is 3.25. The van der Waals surface area contributed by atoms with Gasteiger partial charge in [-0.2, -0.15) is 0 Å². The van der Waals surface area contributed by atoms with Crippen LogP contribution in [-0.2, 0) is 6.54 Å². The molecule has 0 saturated carbocycles. The smallest absolute Gasteiger partial charge is 0.249 e.